The first-order chi connectivity index (χ1) is 11.9. The van der Waals surface area contributed by atoms with Gasteiger partial charge in [-0.15, -0.1) is 0 Å². The van der Waals surface area contributed by atoms with Gasteiger partial charge in [-0.3, -0.25) is 0 Å². The minimum atomic E-state index is -2.00. The molecule has 0 atom stereocenters. The molecular weight excluding hydrogens is 320 g/mol. The fourth-order valence-electron chi connectivity index (χ4n) is 6.58. The maximum atomic E-state index is 11.0. The minimum absolute atomic E-state index is 0.210. The lowest BCUT2D eigenvalue weighted by Crippen LogP contribution is -2.63. The fourth-order valence-corrected chi connectivity index (χ4v) is 15.2. The van der Waals surface area contributed by atoms with Gasteiger partial charge in [0.05, 0.1) is 14.7 Å². The van der Waals surface area contributed by atoms with Gasteiger partial charge in [0.15, 0.2) is 0 Å². The standard InChI is InChI=1S/C23H32OSi/c1-16(2)25(17(3)4,18(5)6)23(15-24)21-13-9-7-11-19(21)20-12-8-10-14-22(20)23/h7-14,16-18,24H,15H2,1-6H3. The molecule has 1 aliphatic carbocycles. The number of hydrogen-bond donors (Lipinski definition) is 1. The normalized spacial score (nSPS) is 15.8. The second-order valence-electron chi connectivity index (χ2n) is 8.55. The zero-order valence-electron chi connectivity index (χ0n) is 16.5. The summed E-state index contributed by atoms with van der Waals surface area (Å²) in [6.45, 7) is 14.6. The molecule has 0 spiro atoms. The Bertz CT molecular complexity index is 693. The number of benzene rings is 2. The molecule has 0 amide bonds. The Labute approximate surface area is 154 Å². The molecule has 2 aromatic rings. The van der Waals surface area contributed by atoms with Crippen molar-refractivity contribution in [1.29, 1.82) is 0 Å². The van der Waals surface area contributed by atoms with Crippen molar-refractivity contribution in [2.24, 2.45) is 0 Å². The molecule has 0 radical (unpaired) electrons. The van der Waals surface area contributed by atoms with Gasteiger partial charge in [-0.1, -0.05) is 90.1 Å². The molecule has 1 nitrogen and oxygen atoms in total. The van der Waals surface area contributed by atoms with Gasteiger partial charge in [0.1, 0.15) is 0 Å². The molecule has 134 valence electrons. The van der Waals surface area contributed by atoms with Crippen molar-refractivity contribution in [1.82, 2.24) is 0 Å². The molecular formula is C23H32OSi. The molecule has 25 heavy (non-hydrogen) atoms. The first kappa shape index (κ1) is 18.4. The van der Waals surface area contributed by atoms with Crippen molar-refractivity contribution in [3.05, 3.63) is 59.7 Å². The maximum absolute atomic E-state index is 11.0. The lowest BCUT2D eigenvalue weighted by Gasteiger charge is -2.56. The molecule has 3 rings (SSSR count). The summed E-state index contributed by atoms with van der Waals surface area (Å²) in [5.74, 6) is 0. The molecule has 0 aromatic heterocycles. The molecule has 2 heteroatoms. The van der Waals surface area contributed by atoms with E-state index >= 15 is 0 Å². The van der Waals surface area contributed by atoms with Gasteiger partial charge in [0.25, 0.3) is 0 Å². The van der Waals surface area contributed by atoms with Crippen LogP contribution in [0.3, 0.4) is 0 Å². The van der Waals surface area contributed by atoms with Crippen molar-refractivity contribution in [3.8, 4) is 11.1 Å². The van der Waals surface area contributed by atoms with E-state index in [1.54, 1.807) is 0 Å². The first-order valence-electron chi connectivity index (χ1n) is 9.65. The van der Waals surface area contributed by atoms with E-state index in [1.807, 2.05) is 0 Å². The summed E-state index contributed by atoms with van der Waals surface area (Å²) < 4.78 is 0. The van der Waals surface area contributed by atoms with E-state index in [2.05, 4.69) is 90.1 Å². The van der Waals surface area contributed by atoms with Gasteiger partial charge in [-0.05, 0) is 38.9 Å². The van der Waals surface area contributed by atoms with E-state index in [0.717, 1.165) is 0 Å². The number of fused-ring (bicyclic) bond motifs is 3. The second-order valence-corrected chi connectivity index (χ2v) is 14.7. The van der Waals surface area contributed by atoms with Crippen LogP contribution in [0.1, 0.15) is 52.7 Å². The van der Waals surface area contributed by atoms with Crippen molar-refractivity contribution >= 4 is 8.07 Å². The van der Waals surface area contributed by atoms with Crippen LogP contribution in [0.2, 0.25) is 16.6 Å². The molecule has 0 saturated carbocycles. The highest BCUT2D eigenvalue weighted by molar-refractivity contribution is 6.87. The smallest absolute Gasteiger partial charge is 0.0809 e. The van der Waals surface area contributed by atoms with Gasteiger partial charge in [0, 0.05) is 5.04 Å². The van der Waals surface area contributed by atoms with E-state index in [9.17, 15) is 5.11 Å². The Morgan fingerprint density at radius 2 is 1.08 bits per heavy atom. The SMILES string of the molecule is CC(C)[Si](C(C)C)(C(C)C)C1(CO)c2ccccc2-c2ccccc21. The third-order valence-corrected chi connectivity index (χ3v) is 14.8. The van der Waals surface area contributed by atoms with Crippen LogP contribution < -0.4 is 0 Å². The van der Waals surface area contributed by atoms with E-state index < -0.39 is 8.07 Å². The maximum Gasteiger partial charge on any atom is 0.0809 e. The zero-order chi connectivity index (χ0) is 18.4. The van der Waals surface area contributed by atoms with Crippen molar-refractivity contribution < 1.29 is 5.11 Å². The van der Waals surface area contributed by atoms with E-state index in [4.69, 9.17) is 0 Å². The van der Waals surface area contributed by atoms with Gasteiger partial charge in [-0.25, -0.2) is 0 Å². The predicted molar refractivity (Wildman–Crippen MR) is 111 cm³/mol. The van der Waals surface area contributed by atoms with Crippen molar-refractivity contribution in [2.75, 3.05) is 6.61 Å². The quantitative estimate of drug-likeness (QED) is 0.639. The third kappa shape index (κ3) is 2.17. The van der Waals surface area contributed by atoms with Crippen LogP contribution in [0.15, 0.2) is 48.5 Å². The van der Waals surface area contributed by atoms with Gasteiger partial charge in [0.2, 0.25) is 0 Å². The summed E-state index contributed by atoms with van der Waals surface area (Å²) in [5.41, 5.74) is 7.12. The van der Waals surface area contributed by atoms with Crippen LogP contribution in [0.5, 0.6) is 0 Å². The molecule has 0 unspecified atom stereocenters. The van der Waals surface area contributed by atoms with Gasteiger partial charge in [-0.2, -0.15) is 0 Å². The number of aliphatic hydroxyl groups excluding tert-OH is 1. The lowest BCUT2D eigenvalue weighted by atomic mass is 9.96. The average molecular weight is 353 g/mol. The summed E-state index contributed by atoms with van der Waals surface area (Å²) in [4.78, 5) is 0. The summed E-state index contributed by atoms with van der Waals surface area (Å²) in [5, 5.41) is 10.8. The summed E-state index contributed by atoms with van der Waals surface area (Å²) >= 11 is 0. The zero-order valence-corrected chi connectivity index (χ0v) is 17.5. The molecule has 0 bridgehead atoms. The molecule has 0 fully saturated rings. The van der Waals surface area contributed by atoms with E-state index in [1.165, 1.54) is 22.3 Å². The Hall–Kier alpha value is -1.38. The second kappa shape index (κ2) is 6.41. The molecule has 2 aromatic carbocycles. The summed E-state index contributed by atoms with van der Waals surface area (Å²) in [6.07, 6.45) is 0. The van der Waals surface area contributed by atoms with E-state index in [-0.39, 0.29) is 11.6 Å². The van der Waals surface area contributed by atoms with Crippen molar-refractivity contribution in [3.63, 3.8) is 0 Å². The van der Waals surface area contributed by atoms with Crippen LogP contribution in [-0.4, -0.2) is 19.8 Å². The van der Waals surface area contributed by atoms with Crippen LogP contribution in [0.25, 0.3) is 11.1 Å². The highest BCUT2D eigenvalue weighted by Gasteiger charge is 2.62. The third-order valence-electron chi connectivity index (χ3n) is 6.91. The number of hydrogen-bond acceptors (Lipinski definition) is 1. The van der Waals surface area contributed by atoms with Crippen LogP contribution in [0, 0.1) is 0 Å². The number of rotatable bonds is 5. The van der Waals surface area contributed by atoms with Crippen LogP contribution in [-0.2, 0) is 5.04 Å². The molecule has 0 aliphatic heterocycles. The van der Waals surface area contributed by atoms with Crippen LogP contribution in [0.4, 0.5) is 0 Å². The summed E-state index contributed by atoms with van der Waals surface area (Å²) in [7, 11) is -2.00. The largest absolute Gasteiger partial charge is 0.395 e. The predicted octanol–water partition coefficient (Wildman–Crippen LogP) is 6.16. The Morgan fingerprint density at radius 1 is 0.720 bits per heavy atom. The Balaban J connectivity index is 2.49. The lowest BCUT2D eigenvalue weighted by molar-refractivity contribution is 0.255. The van der Waals surface area contributed by atoms with E-state index in [0.29, 0.717) is 16.6 Å². The highest BCUT2D eigenvalue weighted by Crippen LogP contribution is 2.61. The topological polar surface area (TPSA) is 20.2 Å². The highest BCUT2D eigenvalue weighted by atomic mass is 28.3. The molecule has 0 saturated heterocycles. The molecule has 0 heterocycles. The minimum Gasteiger partial charge on any atom is -0.395 e. The Kier molecular flexibility index (Phi) is 4.72. The van der Waals surface area contributed by atoms with Crippen molar-refractivity contribution in [2.45, 2.75) is 63.2 Å². The number of aliphatic hydroxyl groups is 1. The fraction of sp³-hybridized carbons (Fsp3) is 0.478. The van der Waals surface area contributed by atoms with Crippen LogP contribution >= 0.6 is 0 Å². The molecule has 1 N–H and O–H groups in total. The molecule has 1 aliphatic rings. The summed E-state index contributed by atoms with van der Waals surface area (Å²) in [6, 6.07) is 17.6. The van der Waals surface area contributed by atoms with Gasteiger partial charge < -0.3 is 5.11 Å². The first-order valence-corrected chi connectivity index (χ1v) is 11.9. The average Bonchev–Trinajstić information content (AvgIpc) is 2.86. The van der Waals surface area contributed by atoms with Gasteiger partial charge >= 0.3 is 0 Å². The monoisotopic (exact) mass is 352 g/mol. The Morgan fingerprint density at radius 3 is 1.40 bits per heavy atom.